The maximum absolute atomic E-state index is 8.70. The van der Waals surface area contributed by atoms with Crippen molar-refractivity contribution in [3.05, 3.63) is 34.9 Å². The highest BCUT2D eigenvalue weighted by atomic mass is 35.5. The molecule has 1 rings (SSSR count). The number of nitriles is 1. The van der Waals surface area contributed by atoms with Crippen LogP contribution in [0.2, 0.25) is 5.02 Å². The van der Waals surface area contributed by atoms with Crippen LogP contribution in [0.25, 0.3) is 0 Å². The molecular weight excluding hydrogens is 208 g/mol. The second-order valence-corrected chi connectivity index (χ2v) is 4.23. The van der Waals surface area contributed by atoms with Crippen LogP contribution in [0.1, 0.15) is 12.5 Å². The van der Waals surface area contributed by atoms with Gasteiger partial charge >= 0.3 is 0 Å². The highest BCUT2D eigenvalue weighted by Gasteiger charge is 2.07. The van der Waals surface area contributed by atoms with Crippen molar-refractivity contribution in [2.45, 2.75) is 13.5 Å². The van der Waals surface area contributed by atoms with E-state index < -0.39 is 0 Å². The number of benzene rings is 1. The molecule has 0 fully saturated rings. The Bertz CT molecular complexity index is 357. The van der Waals surface area contributed by atoms with Crippen molar-refractivity contribution >= 4 is 11.6 Å². The molecular formula is C12H15ClN2. The van der Waals surface area contributed by atoms with Crippen molar-refractivity contribution in [3.8, 4) is 6.07 Å². The Balaban J connectivity index is 2.56. The van der Waals surface area contributed by atoms with Gasteiger partial charge in [-0.1, -0.05) is 29.8 Å². The predicted octanol–water partition coefficient (Wildman–Crippen LogP) is 2.93. The summed E-state index contributed by atoms with van der Waals surface area (Å²) in [5.74, 6) is 0.0532. The van der Waals surface area contributed by atoms with Crippen molar-refractivity contribution in [1.82, 2.24) is 4.90 Å². The maximum Gasteiger partial charge on any atom is 0.0666 e. The Labute approximate surface area is 96.1 Å². The van der Waals surface area contributed by atoms with Gasteiger partial charge in [-0.3, -0.25) is 0 Å². The summed E-state index contributed by atoms with van der Waals surface area (Å²) in [4.78, 5) is 2.11. The van der Waals surface area contributed by atoms with E-state index in [4.69, 9.17) is 16.9 Å². The molecule has 80 valence electrons. The molecule has 0 saturated carbocycles. The van der Waals surface area contributed by atoms with E-state index in [1.54, 1.807) is 0 Å². The summed E-state index contributed by atoms with van der Waals surface area (Å²) in [7, 11) is 2.00. The third-order valence-electron chi connectivity index (χ3n) is 2.20. The van der Waals surface area contributed by atoms with Crippen molar-refractivity contribution in [2.75, 3.05) is 13.6 Å². The third kappa shape index (κ3) is 3.91. The molecule has 0 aromatic heterocycles. The van der Waals surface area contributed by atoms with E-state index in [9.17, 15) is 0 Å². The number of nitrogens with zero attached hydrogens (tertiary/aromatic N) is 2. The summed E-state index contributed by atoms with van der Waals surface area (Å²) in [5, 5.41) is 9.49. The molecule has 0 heterocycles. The highest BCUT2D eigenvalue weighted by Crippen LogP contribution is 2.16. The molecule has 1 atom stereocenters. The quantitative estimate of drug-likeness (QED) is 0.783. The molecule has 0 aliphatic rings. The molecule has 0 aliphatic heterocycles. The summed E-state index contributed by atoms with van der Waals surface area (Å²) >= 11 is 6.05. The van der Waals surface area contributed by atoms with E-state index in [-0.39, 0.29) is 5.92 Å². The molecule has 0 radical (unpaired) electrons. The fourth-order valence-electron chi connectivity index (χ4n) is 1.49. The first-order valence-corrected chi connectivity index (χ1v) is 5.33. The van der Waals surface area contributed by atoms with Gasteiger partial charge in [-0.15, -0.1) is 0 Å². The maximum atomic E-state index is 8.70. The zero-order chi connectivity index (χ0) is 11.3. The molecule has 0 amide bonds. The summed E-state index contributed by atoms with van der Waals surface area (Å²) in [6, 6.07) is 10.0. The fourth-order valence-corrected chi connectivity index (χ4v) is 1.69. The van der Waals surface area contributed by atoms with E-state index in [0.29, 0.717) is 0 Å². The second kappa shape index (κ2) is 5.75. The lowest BCUT2D eigenvalue weighted by Gasteiger charge is -2.18. The monoisotopic (exact) mass is 222 g/mol. The van der Waals surface area contributed by atoms with Crippen LogP contribution in [0.4, 0.5) is 0 Å². The first-order valence-electron chi connectivity index (χ1n) is 4.95. The van der Waals surface area contributed by atoms with Gasteiger partial charge in [0.05, 0.1) is 12.0 Å². The average Bonchev–Trinajstić information content (AvgIpc) is 2.21. The van der Waals surface area contributed by atoms with Crippen molar-refractivity contribution in [3.63, 3.8) is 0 Å². The summed E-state index contributed by atoms with van der Waals surface area (Å²) in [6.07, 6.45) is 0. The summed E-state index contributed by atoms with van der Waals surface area (Å²) < 4.78 is 0. The van der Waals surface area contributed by atoms with Gasteiger partial charge in [-0.2, -0.15) is 5.26 Å². The van der Waals surface area contributed by atoms with Crippen LogP contribution >= 0.6 is 11.6 Å². The van der Waals surface area contributed by atoms with Crippen LogP contribution in [0.15, 0.2) is 24.3 Å². The lowest BCUT2D eigenvalue weighted by atomic mass is 10.1. The Morgan fingerprint density at radius 3 is 2.73 bits per heavy atom. The molecule has 0 aliphatic carbocycles. The number of hydrogen-bond acceptors (Lipinski definition) is 2. The van der Waals surface area contributed by atoms with Crippen LogP contribution in [-0.4, -0.2) is 18.5 Å². The van der Waals surface area contributed by atoms with E-state index in [0.717, 1.165) is 23.7 Å². The Morgan fingerprint density at radius 2 is 2.13 bits per heavy atom. The minimum absolute atomic E-state index is 0.0532. The van der Waals surface area contributed by atoms with Crippen LogP contribution in [-0.2, 0) is 6.54 Å². The van der Waals surface area contributed by atoms with E-state index >= 15 is 0 Å². The van der Waals surface area contributed by atoms with E-state index in [2.05, 4.69) is 11.0 Å². The standard InChI is InChI=1S/C12H15ClN2/c1-10(7-14)8-15(2)9-11-5-3-4-6-12(11)13/h3-6,10H,8-9H2,1-2H3/t10-/m0/s1. The highest BCUT2D eigenvalue weighted by molar-refractivity contribution is 6.31. The van der Waals surface area contributed by atoms with Gasteiger partial charge < -0.3 is 4.90 Å². The van der Waals surface area contributed by atoms with Crippen LogP contribution in [0.5, 0.6) is 0 Å². The Kier molecular flexibility index (Phi) is 4.61. The molecule has 0 unspecified atom stereocenters. The van der Waals surface area contributed by atoms with Gasteiger partial charge in [0, 0.05) is 18.1 Å². The molecule has 1 aromatic carbocycles. The lowest BCUT2D eigenvalue weighted by Crippen LogP contribution is -2.23. The number of rotatable bonds is 4. The largest absolute Gasteiger partial charge is 0.301 e. The van der Waals surface area contributed by atoms with Gasteiger partial charge in [0.15, 0.2) is 0 Å². The normalized spacial score (nSPS) is 12.5. The van der Waals surface area contributed by atoms with Gasteiger partial charge in [0.25, 0.3) is 0 Å². The first-order chi connectivity index (χ1) is 7.13. The number of hydrogen-bond donors (Lipinski definition) is 0. The zero-order valence-electron chi connectivity index (χ0n) is 9.07. The minimum atomic E-state index is 0.0532. The van der Waals surface area contributed by atoms with Crippen molar-refractivity contribution in [1.29, 1.82) is 5.26 Å². The molecule has 15 heavy (non-hydrogen) atoms. The predicted molar refractivity (Wildman–Crippen MR) is 62.6 cm³/mol. The van der Waals surface area contributed by atoms with Gasteiger partial charge in [-0.25, -0.2) is 0 Å². The zero-order valence-corrected chi connectivity index (χ0v) is 9.83. The molecule has 2 nitrogen and oxygen atoms in total. The lowest BCUT2D eigenvalue weighted by molar-refractivity contribution is 0.303. The van der Waals surface area contributed by atoms with Gasteiger partial charge in [0.2, 0.25) is 0 Å². The fraction of sp³-hybridized carbons (Fsp3) is 0.417. The van der Waals surface area contributed by atoms with E-state index in [1.165, 1.54) is 0 Å². The summed E-state index contributed by atoms with van der Waals surface area (Å²) in [6.45, 7) is 3.47. The van der Waals surface area contributed by atoms with Crippen LogP contribution in [0.3, 0.4) is 0 Å². The molecule has 1 aromatic rings. The van der Waals surface area contributed by atoms with Gasteiger partial charge in [-0.05, 0) is 25.6 Å². The first kappa shape index (κ1) is 12.0. The average molecular weight is 223 g/mol. The Hall–Kier alpha value is -1.04. The SMILES string of the molecule is C[C@@H](C#N)CN(C)Cc1ccccc1Cl. The molecule has 0 saturated heterocycles. The van der Waals surface area contributed by atoms with Crippen LogP contribution in [0, 0.1) is 17.2 Å². The minimum Gasteiger partial charge on any atom is -0.301 e. The smallest absolute Gasteiger partial charge is 0.0666 e. The molecule has 0 bridgehead atoms. The van der Waals surface area contributed by atoms with E-state index in [1.807, 2.05) is 38.2 Å². The topological polar surface area (TPSA) is 27.0 Å². The molecule has 3 heteroatoms. The van der Waals surface area contributed by atoms with Crippen molar-refractivity contribution < 1.29 is 0 Å². The Morgan fingerprint density at radius 1 is 1.47 bits per heavy atom. The van der Waals surface area contributed by atoms with Crippen LogP contribution < -0.4 is 0 Å². The van der Waals surface area contributed by atoms with Gasteiger partial charge in [0.1, 0.15) is 0 Å². The van der Waals surface area contributed by atoms with Crippen molar-refractivity contribution in [2.24, 2.45) is 5.92 Å². The second-order valence-electron chi connectivity index (χ2n) is 3.82. The molecule has 0 spiro atoms. The third-order valence-corrected chi connectivity index (χ3v) is 2.57. The summed E-state index contributed by atoms with van der Waals surface area (Å²) in [5.41, 5.74) is 1.10. The molecule has 0 N–H and O–H groups in total. The number of halogens is 1.